The molecule has 3 aromatic carbocycles. The molecule has 136 valence electrons. The van der Waals surface area contributed by atoms with Gasteiger partial charge in [-0.15, -0.1) is 0 Å². The lowest BCUT2D eigenvalue weighted by Crippen LogP contribution is -1.97. The standard InChI is InChI=1S/C23H14Cl2N2O/c24-21-3-1-2-17(10-21)15-28-23-9-8-22(25)12-19(23)11-20(14-27)18-6-4-16(13-26)5-7-18/h1-12H,15H2/b20-11+. The van der Waals surface area contributed by atoms with Crippen LogP contribution in [0.5, 0.6) is 5.75 Å². The summed E-state index contributed by atoms with van der Waals surface area (Å²) in [5.74, 6) is 0.603. The molecule has 3 nitrogen and oxygen atoms in total. The van der Waals surface area contributed by atoms with Crippen molar-refractivity contribution >= 4 is 34.9 Å². The monoisotopic (exact) mass is 404 g/mol. The molecule has 0 aromatic heterocycles. The largest absolute Gasteiger partial charge is 0.488 e. The molecular formula is C23H14Cl2N2O. The van der Waals surface area contributed by atoms with Crippen LogP contribution in [-0.4, -0.2) is 0 Å². The van der Waals surface area contributed by atoms with Gasteiger partial charge in [-0.2, -0.15) is 10.5 Å². The van der Waals surface area contributed by atoms with Gasteiger partial charge in [-0.05, 0) is 59.7 Å². The number of hydrogen-bond acceptors (Lipinski definition) is 3. The van der Waals surface area contributed by atoms with Crippen LogP contribution < -0.4 is 4.74 Å². The second-order valence-electron chi connectivity index (χ2n) is 5.96. The molecule has 0 aliphatic carbocycles. The molecule has 0 saturated carbocycles. The van der Waals surface area contributed by atoms with Crippen molar-refractivity contribution in [3.63, 3.8) is 0 Å². The lowest BCUT2D eigenvalue weighted by molar-refractivity contribution is 0.305. The normalized spacial score (nSPS) is 10.8. The maximum atomic E-state index is 9.59. The summed E-state index contributed by atoms with van der Waals surface area (Å²) in [5.41, 5.74) is 3.32. The van der Waals surface area contributed by atoms with E-state index in [1.54, 1.807) is 54.6 Å². The third-order valence-electron chi connectivity index (χ3n) is 4.00. The summed E-state index contributed by atoms with van der Waals surface area (Å²) in [7, 11) is 0. The molecule has 0 bridgehead atoms. The lowest BCUT2D eigenvalue weighted by atomic mass is 10.0. The number of nitrogens with zero attached hydrogens (tertiary/aromatic N) is 2. The first kappa shape index (κ1) is 19.5. The highest BCUT2D eigenvalue weighted by Crippen LogP contribution is 2.28. The van der Waals surface area contributed by atoms with Gasteiger partial charge in [0.25, 0.3) is 0 Å². The Hall–Kier alpha value is -3.24. The highest BCUT2D eigenvalue weighted by Gasteiger charge is 2.08. The van der Waals surface area contributed by atoms with Crippen LogP contribution in [0.2, 0.25) is 10.0 Å². The van der Waals surface area contributed by atoms with Crippen LogP contribution in [-0.2, 0) is 6.61 Å². The number of benzene rings is 3. The molecule has 0 N–H and O–H groups in total. The third-order valence-corrected chi connectivity index (χ3v) is 4.47. The van der Waals surface area contributed by atoms with Gasteiger partial charge in [0.05, 0.1) is 23.3 Å². The first-order valence-electron chi connectivity index (χ1n) is 8.38. The second kappa shape index (κ2) is 9.11. The molecule has 0 unspecified atom stereocenters. The van der Waals surface area contributed by atoms with Crippen LogP contribution in [0.15, 0.2) is 66.7 Å². The summed E-state index contributed by atoms with van der Waals surface area (Å²) < 4.78 is 5.94. The molecule has 0 radical (unpaired) electrons. The molecule has 0 fully saturated rings. The molecule has 3 aromatic rings. The topological polar surface area (TPSA) is 56.8 Å². The minimum atomic E-state index is 0.335. The van der Waals surface area contributed by atoms with Gasteiger partial charge in [0.15, 0.2) is 0 Å². The molecule has 0 atom stereocenters. The summed E-state index contributed by atoms with van der Waals surface area (Å²) in [4.78, 5) is 0. The predicted octanol–water partition coefficient (Wildman–Crippen LogP) is 6.51. The highest BCUT2D eigenvalue weighted by atomic mass is 35.5. The SMILES string of the molecule is N#C/C(=C\c1cc(Cl)ccc1OCc1cccc(Cl)c1)c1ccc(C#N)cc1. The summed E-state index contributed by atoms with van der Waals surface area (Å²) in [6, 6.07) is 23.8. The van der Waals surface area contributed by atoms with E-state index in [1.165, 1.54) is 0 Å². The smallest absolute Gasteiger partial charge is 0.127 e. The average Bonchev–Trinajstić information content (AvgIpc) is 2.71. The summed E-state index contributed by atoms with van der Waals surface area (Å²) in [6.45, 7) is 0.335. The predicted molar refractivity (Wildman–Crippen MR) is 112 cm³/mol. The Morgan fingerprint density at radius 1 is 0.929 bits per heavy atom. The van der Waals surface area contributed by atoms with Crippen molar-refractivity contribution in [3.05, 3.63) is 99.0 Å². The molecule has 3 rings (SSSR count). The summed E-state index contributed by atoms with van der Waals surface area (Å²) in [6.07, 6.45) is 1.72. The minimum absolute atomic E-state index is 0.335. The zero-order valence-corrected chi connectivity index (χ0v) is 16.2. The Morgan fingerprint density at radius 2 is 1.68 bits per heavy atom. The van der Waals surface area contributed by atoms with E-state index in [-0.39, 0.29) is 0 Å². The van der Waals surface area contributed by atoms with Gasteiger partial charge in [-0.3, -0.25) is 0 Å². The molecule has 5 heteroatoms. The van der Waals surface area contributed by atoms with Crippen molar-refractivity contribution in [2.45, 2.75) is 6.61 Å². The molecule has 0 saturated heterocycles. The van der Waals surface area contributed by atoms with Crippen molar-refractivity contribution in [1.82, 2.24) is 0 Å². The van der Waals surface area contributed by atoms with Gasteiger partial charge in [0.1, 0.15) is 12.4 Å². The fourth-order valence-electron chi connectivity index (χ4n) is 2.61. The van der Waals surface area contributed by atoms with E-state index in [4.69, 9.17) is 33.2 Å². The fraction of sp³-hybridized carbons (Fsp3) is 0.0435. The average molecular weight is 405 g/mol. The highest BCUT2D eigenvalue weighted by molar-refractivity contribution is 6.31. The molecule has 0 aliphatic heterocycles. The number of rotatable bonds is 5. The van der Waals surface area contributed by atoms with Gasteiger partial charge >= 0.3 is 0 Å². The Morgan fingerprint density at radius 3 is 2.36 bits per heavy atom. The van der Waals surface area contributed by atoms with Crippen LogP contribution >= 0.6 is 23.2 Å². The second-order valence-corrected chi connectivity index (χ2v) is 6.83. The fourth-order valence-corrected chi connectivity index (χ4v) is 3.00. The Kier molecular flexibility index (Phi) is 6.35. The van der Waals surface area contributed by atoms with Crippen molar-refractivity contribution < 1.29 is 4.74 Å². The van der Waals surface area contributed by atoms with E-state index in [0.717, 1.165) is 5.56 Å². The van der Waals surface area contributed by atoms with Gasteiger partial charge in [-0.25, -0.2) is 0 Å². The zero-order chi connectivity index (χ0) is 19.9. The molecule has 0 heterocycles. The lowest BCUT2D eigenvalue weighted by Gasteiger charge is -2.11. The Labute approximate surface area is 173 Å². The third kappa shape index (κ3) is 4.93. The van der Waals surface area contributed by atoms with E-state index in [2.05, 4.69) is 12.1 Å². The van der Waals surface area contributed by atoms with Crippen LogP contribution in [0, 0.1) is 22.7 Å². The number of nitriles is 2. The van der Waals surface area contributed by atoms with E-state index >= 15 is 0 Å². The van der Waals surface area contributed by atoms with E-state index in [0.29, 0.717) is 44.7 Å². The molecule has 0 spiro atoms. The van der Waals surface area contributed by atoms with Gasteiger partial charge < -0.3 is 4.74 Å². The molecule has 28 heavy (non-hydrogen) atoms. The number of halogens is 2. The van der Waals surface area contributed by atoms with Crippen LogP contribution in [0.4, 0.5) is 0 Å². The van der Waals surface area contributed by atoms with E-state index < -0.39 is 0 Å². The minimum Gasteiger partial charge on any atom is -0.488 e. The van der Waals surface area contributed by atoms with Crippen molar-refractivity contribution in [2.75, 3.05) is 0 Å². The van der Waals surface area contributed by atoms with Crippen LogP contribution in [0.25, 0.3) is 11.6 Å². The van der Waals surface area contributed by atoms with Gasteiger partial charge in [0, 0.05) is 15.6 Å². The maximum absolute atomic E-state index is 9.59. The number of allylic oxidation sites excluding steroid dienone is 1. The van der Waals surface area contributed by atoms with Crippen LogP contribution in [0.3, 0.4) is 0 Å². The molecule has 0 amide bonds. The summed E-state index contributed by atoms with van der Waals surface area (Å²) in [5, 5.41) is 19.7. The first-order chi connectivity index (χ1) is 13.6. The van der Waals surface area contributed by atoms with Gasteiger partial charge in [0.2, 0.25) is 0 Å². The number of hydrogen-bond donors (Lipinski definition) is 0. The maximum Gasteiger partial charge on any atom is 0.127 e. The zero-order valence-electron chi connectivity index (χ0n) is 14.7. The van der Waals surface area contributed by atoms with Gasteiger partial charge in [-0.1, -0.05) is 47.5 Å². The van der Waals surface area contributed by atoms with E-state index in [1.807, 2.05) is 18.2 Å². The number of ether oxygens (including phenoxy) is 1. The molecular weight excluding hydrogens is 391 g/mol. The Balaban J connectivity index is 1.91. The van der Waals surface area contributed by atoms with E-state index in [9.17, 15) is 5.26 Å². The van der Waals surface area contributed by atoms with Crippen molar-refractivity contribution in [1.29, 1.82) is 10.5 Å². The van der Waals surface area contributed by atoms with Crippen LogP contribution in [0.1, 0.15) is 22.3 Å². The first-order valence-corrected chi connectivity index (χ1v) is 9.14. The van der Waals surface area contributed by atoms with Crippen molar-refractivity contribution in [2.24, 2.45) is 0 Å². The quantitative estimate of drug-likeness (QED) is 0.359. The Bertz CT molecular complexity index is 1110. The summed E-state index contributed by atoms with van der Waals surface area (Å²) >= 11 is 12.2. The molecule has 0 aliphatic rings. The van der Waals surface area contributed by atoms with Crippen molar-refractivity contribution in [3.8, 4) is 17.9 Å².